The molecule has 4 nitrogen and oxygen atoms in total. The van der Waals surface area contributed by atoms with Crippen molar-refractivity contribution in [1.82, 2.24) is 9.78 Å². The second-order valence-corrected chi connectivity index (χ2v) is 4.68. The van der Waals surface area contributed by atoms with Crippen LogP contribution < -0.4 is 5.32 Å². The minimum Gasteiger partial charge on any atom is -0.377 e. The van der Waals surface area contributed by atoms with E-state index in [4.69, 9.17) is 5.26 Å². The minimum absolute atomic E-state index is 0.0411. The van der Waals surface area contributed by atoms with Crippen LogP contribution in [0, 0.1) is 11.3 Å². The van der Waals surface area contributed by atoms with Gasteiger partial charge >= 0.3 is 6.18 Å². The molecule has 0 aliphatic rings. The second kappa shape index (κ2) is 5.48. The summed E-state index contributed by atoms with van der Waals surface area (Å²) in [6.07, 6.45) is -0.999. The lowest BCUT2D eigenvalue weighted by molar-refractivity contribution is -0.137. The number of hydrogen-bond acceptors (Lipinski definition) is 3. The number of aromatic nitrogens is 2. The molecule has 0 amide bonds. The van der Waals surface area contributed by atoms with Crippen molar-refractivity contribution in [2.75, 3.05) is 5.32 Å². The molecular weight excluding hydrogens is 281 g/mol. The summed E-state index contributed by atoms with van der Waals surface area (Å²) in [5.74, 6) is 0. The first-order chi connectivity index (χ1) is 9.81. The highest BCUT2D eigenvalue weighted by atomic mass is 19.4. The summed E-state index contributed by atoms with van der Waals surface area (Å²) in [6.45, 7) is 1.84. The Kier molecular flexibility index (Phi) is 3.89. The Balaban J connectivity index is 2.26. The molecule has 0 saturated heterocycles. The van der Waals surface area contributed by atoms with Crippen molar-refractivity contribution in [1.29, 1.82) is 5.26 Å². The van der Waals surface area contributed by atoms with Gasteiger partial charge in [-0.2, -0.15) is 23.5 Å². The number of halogens is 3. The predicted molar refractivity (Wildman–Crippen MR) is 71.4 cm³/mol. The molecular formula is C14H13F3N4. The average Bonchev–Trinajstić information content (AvgIpc) is 2.84. The van der Waals surface area contributed by atoms with Gasteiger partial charge in [-0.15, -0.1) is 0 Å². The van der Waals surface area contributed by atoms with Crippen LogP contribution in [0.3, 0.4) is 0 Å². The monoisotopic (exact) mass is 294 g/mol. The van der Waals surface area contributed by atoms with Gasteiger partial charge < -0.3 is 5.32 Å². The van der Waals surface area contributed by atoms with E-state index in [2.05, 4.69) is 10.4 Å². The number of nitriles is 1. The summed E-state index contributed by atoms with van der Waals surface area (Å²) in [6, 6.07) is 4.68. The standard InChI is InChI=1S/C14H13F3N4/c1-9(11-7-19-21(2)8-11)20-13-4-3-12(14(15,16)17)5-10(13)6-18/h3-5,7-9,20H,1-2H3. The fourth-order valence-electron chi connectivity index (χ4n) is 1.92. The van der Waals surface area contributed by atoms with Gasteiger partial charge in [-0.3, -0.25) is 4.68 Å². The molecule has 2 aromatic rings. The maximum atomic E-state index is 12.6. The van der Waals surface area contributed by atoms with E-state index >= 15 is 0 Å². The first-order valence-electron chi connectivity index (χ1n) is 6.17. The van der Waals surface area contributed by atoms with Crippen LogP contribution in [0.4, 0.5) is 18.9 Å². The Labute approximate surface area is 119 Å². The summed E-state index contributed by atoms with van der Waals surface area (Å²) < 4.78 is 39.5. The van der Waals surface area contributed by atoms with E-state index in [0.29, 0.717) is 5.69 Å². The van der Waals surface area contributed by atoms with Crippen molar-refractivity contribution in [2.45, 2.75) is 19.1 Å². The smallest absolute Gasteiger partial charge is 0.377 e. The lowest BCUT2D eigenvalue weighted by atomic mass is 10.1. The number of rotatable bonds is 3. The minimum atomic E-state index is -4.46. The zero-order valence-corrected chi connectivity index (χ0v) is 11.4. The summed E-state index contributed by atoms with van der Waals surface area (Å²) in [4.78, 5) is 0. The SMILES string of the molecule is CC(Nc1ccc(C(F)(F)F)cc1C#N)c1cnn(C)c1. The van der Waals surface area contributed by atoms with E-state index in [9.17, 15) is 13.2 Å². The maximum absolute atomic E-state index is 12.6. The third-order valence-corrected chi connectivity index (χ3v) is 3.06. The number of aryl methyl sites for hydroxylation is 1. The first kappa shape index (κ1) is 14.9. The predicted octanol–water partition coefficient (Wildman–Crippen LogP) is 3.48. The molecule has 0 bridgehead atoms. The van der Waals surface area contributed by atoms with Crippen molar-refractivity contribution < 1.29 is 13.2 Å². The Morgan fingerprint density at radius 1 is 1.38 bits per heavy atom. The fourth-order valence-corrected chi connectivity index (χ4v) is 1.92. The van der Waals surface area contributed by atoms with E-state index in [1.54, 1.807) is 30.2 Å². The van der Waals surface area contributed by atoms with E-state index < -0.39 is 11.7 Å². The Hall–Kier alpha value is -2.49. The molecule has 0 aliphatic carbocycles. The molecule has 1 heterocycles. The van der Waals surface area contributed by atoms with E-state index in [1.165, 1.54) is 6.07 Å². The topological polar surface area (TPSA) is 53.6 Å². The van der Waals surface area contributed by atoms with Gasteiger partial charge in [0.1, 0.15) is 6.07 Å². The first-order valence-corrected chi connectivity index (χ1v) is 6.17. The van der Waals surface area contributed by atoms with Crippen LogP contribution in [0.2, 0.25) is 0 Å². The molecule has 0 fully saturated rings. The van der Waals surface area contributed by atoms with Crippen LogP contribution in [0.1, 0.15) is 29.7 Å². The zero-order chi connectivity index (χ0) is 15.6. The molecule has 1 atom stereocenters. The van der Waals surface area contributed by atoms with Crippen molar-refractivity contribution in [2.24, 2.45) is 7.05 Å². The molecule has 0 radical (unpaired) electrons. The van der Waals surface area contributed by atoms with Gasteiger partial charge in [0.15, 0.2) is 0 Å². The van der Waals surface area contributed by atoms with Crippen LogP contribution in [0.15, 0.2) is 30.6 Å². The molecule has 7 heteroatoms. The maximum Gasteiger partial charge on any atom is 0.416 e. The molecule has 1 unspecified atom stereocenters. The van der Waals surface area contributed by atoms with Gasteiger partial charge in [0.25, 0.3) is 0 Å². The normalized spacial score (nSPS) is 12.8. The third kappa shape index (κ3) is 3.34. The van der Waals surface area contributed by atoms with E-state index in [1.807, 2.05) is 6.92 Å². The number of nitrogens with zero attached hydrogens (tertiary/aromatic N) is 3. The third-order valence-electron chi connectivity index (χ3n) is 3.06. The van der Waals surface area contributed by atoms with Crippen molar-refractivity contribution >= 4 is 5.69 Å². The Morgan fingerprint density at radius 3 is 2.62 bits per heavy atom. The number of benzene rings is 1. The van der Waals surface area contributed by atoms with Crippen LogP contribution in [-0.2, 0) is 13.2 Å². The van der Waals surface area contributed by atoms with Gasteiger partial charge in [-0.05, 0) is 25.1 Å². The largest absolute Gasteiger partial charge is 0.416 e. The van der Waals surface area contributed by atoms with Gasteiger partial charge in [0.05, 0.1) is 29.1 Å². The van der Waals surface area contributed by atoms with Crippen LogP contribution in [0.25, 0.3) is 0 Å². The number of hydrogen-bond donors (Lipinski definition) is 1. The number of nitrogens with one attached hydrogen (secondary N) is 1. The average molecular weight is 294 g/mol. The summed E-state index contributed by atoms with van der Waals surface area (Å²) in [5.41, 5.74) is 0.363. The van der Waals surface area contributed by atoms with Crippen LogP contribution >= 0.6 is 0 Å². The van der Waals surface area contributed by atoms with Gasteiger partial charge in [0, 0.05) is 18.8 Å². The van der Waals surface area contributed by atoms with Gasteiger partial charge in [-0.25, -0.2) is 0 Å². The summed E-state index contributed by atoms with van der Waals surface area (Å²) in [5, 5.41) is 16.1. The molecule has 1 N–H and O–H groups in total. The zero-order valence-electron chi connectivity index (χ0n) is 11.4. The molecule has 1 aromatic heterocycles. The van der Waals surface area contributed by atoms with Crippen LogP contribution in [-0.4, -0.2) is 9.78 Å². The molecule has 21 heavy (non-hydrogen) atoms. The highest BCUT2D eigenvalue weighted by Crippen LogP contribution is 2.32. The lowest BCUT2D eigenvalue weighted by Gasteiger charge is -2.16. The summed E-state index contributed by atoms with van der Waals surface area (Å²) >= 11 is 0. The quantitative estimate of drug-likeness (QED) is 0.942. The van der Waals surface area contributed by atoms with Gasteiger partial charge in [0.2, 0.25) is 0 Å². The molecule has 2 rings (SSSR count). The number of anilines is 1. The number of alkyl halides is 3. The van der Waals surface area contributed by atoms with Crippen molar-refractivity contribution in [3.8, 4) is 6.07 Å². The molecule has 0 saturated carbocycles. The van der Waals surface area contributed by atoms with Crippen molar-refractivity contribution in [3.05, 3.63) is 47.3 Å². The fraction of sp³-hybridized carbons (Fsp3) is 0.286. The van der Waals surface area contributed by atoms with E-state index in [0.717, 1.165) is 17.7 Å². The van der Waals surface area contributed by atoms with Crippen molar-refractivity contribution in [3.63, 3.8) is 0 Å². The Bertz CT molecular complexity index is 682. The molecule has 0 spiro atoms. The molecule has 0 aliphatic heterocycles. The van der Waals surface area contributed by atoms with E-state index in [-0.39, 0.29) is 11.6 Å². The highest BCUT2D eigenvalue weighted by Gasteiger charge is 2.31. The summed E-state index contributed by atoms with van der Waals surface area (Å²) in [7, 11) is 1.77. The second-order valence-electron chi connectivity index (χ2n) is 4.68. The highest BCUT2D eigenvalue weighted by molar-refractivity contribution is 5.59. The molecule has 110 valence electrons. The lowest BCUT2D eigenvalue weighted by Crippen LogP contribution is -2.09. The molecule has 1 aromatic carbocycles. The van der Waals surface area contributed by atoms with Crippen LogP contribution in [0.5, 0.6) is 0 Å². The Morgan fingerprint density at radius 2 is 2.10 bits per heavy atom. The van der Waals surface area contributed by atoms with Gasteiger partial charge in [-0.1, -0.05) is 0 Å².